The summed E-state index contributed by atoms with van der Waals surface area (Å²) in [5.74, 6) is 0.686. The quantitative estimate of drug-likeness (QED) is 0.754. The summed E-state index contributed by atoms with van der Waals surface area (Å²) in [7, 11) is 0. The van der Waals surface area contributed by atoms with Gasteiger partial charge in [0.2, 0.25) is 0 Å². The highest BCUT2D eigenvalue weighted by Crippen LogP contribution is 2.32. The Morgan fingerprint density at radius 3 is 2.50 bits per heavy atom. The zero-order valence-corrected chi connectivity index (χ0v) is 14.1. The van der Waals surface area contributed by atoms with Crippen molar-refractivity contribution in [2.75, 3.05) is 0 Å². The van der Waals surface area contributed by atoms with E-state index in [9.17, 15) is 0 Å². The van der Waals surface area contributed by atoms with Gasteiger partial charge in [-0.15, -0.1) is 11.8 Å². The van der Waals surface area contributed by atoms with Gasteiger partial charge in [-0.1, -0.05) is 43.6 Å². The molecule has 0 amide bonds. The van der Waals surface area contributed by atoms with E-state index in [-0.39, 0.29) is 6.04 Å². The molecule has 0 spiro atoms. The second kappa shape index (κ2) is 7.56. The van der Waals surface area contributed by atoms with Crippen molar-refractivity contribution in [1.29, 1.82) is 0 Å². The van der Waals surface area contributed by atoms with Crippen molar-refractivity contribution < 1.29 is 0 Å². The van der Waals surface area contributed by atoms with Crippen LogP contribution in [-0.4, -0.2) is 11.3 Å². The summed E-state index contributed by atoms with van der Waals surface area (Å²) in [6, 6.07) is 6.81. The second-order valence-electron chi connectivity index (χ2n) is 5.19. The molecule has 0 bridgehead atoms. The van der Waals surface area contributed by atoms with Crippen molar-refractivity contribution >= 4 is 27.7 Å². The number of thioether (sulfide) groups is 1. The molecule has 1 aromatic carbocycles. The molecule has 2 unspecified atom stereocenters. The highest BCUT2D eigenvalue weighted by Gasteiger charge is 2.13. The monoisotopic (exact) mass is 329 g/mol. The molecule has 2 atom stereocenters. The van der Waals surface area contributed by atoms with Gasteiger partial charge >= 0.3 is 0 Å². The Balaban J connectivity index is 2.89. The second-order valence-corrected chi connectivity index (χ2v) is 7.53. The molecule has 0 saturated carbocycles. The van der Waals surface area contributed by atoms with Crippen LogP contribution in [0.25, 0.3) is 0 Å². The number of halogens is 1. The molecule has 0 heterocycles. The van der Waals surface area contributed by atoms with Crippen molar-refractivity contribution in [3.8, 4) is 0 Å². The maximum Gasteiger partial charge on any atom is 0.0178 e. The standard InChI is InChI=1S/C15H24BrNS/c1-5-14(17)9-12-8-13(16)6-7-15(12)18-11(4)10(2)3/h6-8,10-11,14H,5,9,17H2,1-4H3. The first-order valence-corrected chi connectivity index (χ1v) is 8.32. The van der Waals surface area contributed by atoms with Gasteiger partial charge in [0.1, 0.15) is 0 Å². The van der Waals surface area contributed by atoms with Gasteiger partial charge in [0.15, 0.2) is 0 Å². The normalized spacial score (nSPS) is 14.8. The summed E-state index contributed by atoms with van der Waals surface area (Å²) in [6.07, 6.45) is 1.99. The highest BCUT2D eigenvalue weighted by atomic mass is 79.9. The first-order chi connectivity index (χ1) is 8.43. The average molecular weight is 330 g/mol. The van der Waals surface area contributed by atoms with Gasteiger partial charge in [0.25, 0.3) is 0 Å². The summed E-state index contributed by atoms with van der Waals surface area (Å²) < 4.78 is 1.14. The molecule has 0 aliphatic heterocycles. The van der Waals surface area contributed by atoms with Gasteiger partial charge in [0.05, 0.1) is 0 Å². The Morgan fingerprint density at radius 1 is 1.28 bits per heavy atom. The highest BCUT2D eigenvalue weighted by molar-refractivity contribution is 9.10. The maximum absolute atomic E-state index is 6.09. The molecule has 0 aliphatic rings. The molecule has 0 saturated heterocycles. The van der Waals surface area contributed by atoms with Gasteiger partial charge in [-0.3, -0.25) is 0 Å². The third kappa shape index (κ3) is 4.94. The lowest BCUT2D eigenvalue weighted by Crippen LogP contribution is -2.21. The minimum absolute atomic E-state index is 0.257. The molecule has 18 heavy (non-hydrogen) atoms. The Morgan fingerprint density at radius 2 is 1.94 bits per heavy atom. The zero-order valence-electron chi connectivity index (χ0n) is 11.7. The van der Waals surface area contributed by atoms with Crippen LogP contribution in [0.2, 0.25) is 0 Å². The largest absolute Gasteiger partial charge is 0.327 e. The lowest BCUT2D eigenvalue weighted by Gasteiger charge is -2.19. The molecule has 1 rings (SSSR count). The number of nitrogens with two attached hydrogens (primary N) is 1. The average Bonchev–Trinajstić information content (AvgIpc) is 2.32. The van der Waals surface area contributed by atoms with E-state index in [0.29, 0.717) is 11.2 Å². The van der Waals surface area contributed by atoms with E-state index in [2.05, 4.69) is 61.8 Å². The van der Waals surface area contributed by atoms with E-state index in [1.54, 1.807) is 0 Å². The molecule has 3 heteroatoms. The molecule has 0 radical (unpaired) electrons. The van der Waals surface area contributed by atoms with Crippen LogP contribution in [0.1, 0.15) is 39.7 Å². The Kier molecular flexibility index (Phi) is 6.75. The Labute approximate surface area is 124 Å². The summed E-state index contributed by atoms with van der Waals surface area (Å²) in [4.78, 5) is 1.38. The van der Waals surface area contributed by atoms with Gasteiger partial charge in [0, 0.05) is 20.7 Å². The van der Waals surface area contributed by atoms with Crippen LogP contribution in [0, 0.1) is 5.92 Å². The fraction of sp³-hybridized carbons (Fsp3) is 0.600. The smallest absolute Gasteiger partial charge is 0.0178 e. The molecule has 1 aromatic rings. The minimum Gasteiger partial charge on any atom is -0.327 e. The summed E-state index contributed by atoms with van der Waals surface area (Å²) in [5.41, 5.74) is 7.46. The molecule has 102 valence electrons. The van der Waals surface area contributed by atoms with Crippen molar-refractivity contribution in [3.63, 3.8) is 0 Å². The summed E-state index contributed by atoms with van der Waals surface area (Å²) in [5, 5.41) is 0.628. The van der Waals surface area contributed by atoms with Crippen LogP contribution in [0.3, 0.4) is 0 Å². The predicted octanol–water partition coefficient (Wildman–Crippen LogP) is 4.87. The third-order valence-corrected chi connectivity index (χ3v) is 5.34. The van der Waals surface area contributed by atoms with Gasteiger partial charge in [-0.25, -0.2) is 0 Å². The lowest BCUT2D eigenvalue weighted by atomic mass is 10.1. The molecular weight excluding hydrogens is 306 g/mol. The number of rotatable bonds is 6. The van der Waals surface area contributed by atoms with E-state index in [1.165, 1.54) is 10.5 Å². The summed E-state index contributed by atoms with van der Waals surface area (Å²) in [6.45, 7) is 8.98. The van der Waals surface area contributed by atoms with Crippen LogP contribution in [0.15, 0.2) is 27.6 Å². The first-order valence-electron chi connectivity index (χ1n) is 6.64. The first kappa shape index (κ1) is 16.1. The van der Waals surface area contributed by atoms with Crippen molar-refractivity contribution in [2.24, 2.45) is 11.7 Å². The van der Waals surface area contributed by atoms with E-state index in [0.717, 1.165) is 17.3 Å². The Bertz CT molecular complexity index is 379. The van der Waals surface area contributed by atoms with Gasteiger partial charge in [-0.05, 0) is 42.5 Å². The SMILES string of the molecule is CCC(N)Cc1cc(Br)ccc1SC(C)C(C)C. The summed E-state index contributed by atoms with van der Waals surface area (Å²) >= 11 is 5.52. The number of hydrogen-bond acceptors (Lipinski definition) is 2. The molecular formula is C15H24BrNS. The van der Waals surface area contributed by atoms with Crippen LogP contribution in [0.5, 0.6) is 0 Å². The molecule has 1 nitrogen and oxygen atoms in total. The maximum atomic E-state index is 6.09. The van der Waals surface area contributed by atoms with Gasteiger partial charge in [-0.2, -0.15) is 0 Å². The molecule has 0 aromatic heterocycles. The van der Waals surface area contributed by atoms with Crippen LogP contribution < -0.4 is 5.73 Å². The number of benzene rings is 1. The van der Waals surface area contributed by atoms with Crippen molar-refractivity contribution in [1.82, 2.24) is 0 Å². The Hall–Kier alpha value is 0.01000. The van der Waals surface area contributed by atoms with Crippen LogP contribution >= 0.6 is 27.7 Å². The van der Waals surface area contributed by atoms with Crippen molar-refractivity contribution in [3.05, 3.63) is 28.2 Å². The molecule has 2 N–H and O–H groups in total. The van der Waals surface area contributed by atoms with Gasteiger partial charge < -0.3 is 5.73 Å². The van der Waals surface area contributed by atoms with Crippen molar-refractivity contribution in [2.45, 2.75) is 56.7 Å². The van der Waals surface area contributed by atoms with E-state index >= 15 is 0 Å². The fourth-order valence-electron chi connectivity index (χ4n) is 1.59. The van der Waals surface area contributed by atoms with Crippen LogP contribution in [-0.2, 0) is 6.42 Å². The van der Waals surface area contributed by atoms with Crippen LogP contribution in [0.4, 0.5) is 0 Å². The fourth-order valence-corrected chi connectivity index (χ4v) is 3.11. The zero-order chi connectivity index (χ0) is 13.7. The minimum atomic E-state index is 0.257. The van der Waals surface area contributed by atoms with E-state index in [4.69, 9.17) is 5.73 Å². The van der Waals surface area contributed by atoms with E-state index < -0.39 is 0 Å². The van der Waals surface area contributed by atoms with E-state index in [1.807, 2.05) is 11.8 Å². The molecule has 0 fully saturated rings. The number of hydrogen-bond donors (Lipinski definition) is 1. The topological polar surface area (TPSA) is 26.0 Å². The lowest BCUT2D eigenvalue weighted by molar-refractivity contribution is 0.635. The predicted molar refractivity (Wildman–Crippen MR) is 86.3 cm³/mol. The third-order valence-electron chi connectivity index (χ3n) is 3.28. The molecule has 0 aliphatic carbocycles.